The van der Waals surface area contributed by atoms with Gasteiger partial charge in [0.05, 0.1) is 12.1 Å². The van der Waals surface area contributed by atoms with Gasteiger partial charge in [0.2, 0.25) is 5.91 Å². The van der Waals surface area contributed by atoms with Crippen molar-refractivity contribution in [1.82, 2.24) is 24.5 Å². The van der Waals surface area contributed by atoms with E-state index < -0.39 is 5.91 Å². The standard InChI is InChI=1S/C25H23N7O2/c1-16-13-19-18(24(34)28-15-22(26)33)9-5-10-20(19)32(16)25-29-23(21-11-6-12-31(21)30-25)27-14-17-7-3-2-4-8-17/h2-13H,14-15H2,1H3,(H2,26,33)(H,28,34)(H,27,29,30). The van der Waals surface area contributed by atoms with Crippen molar-refractivity contribution in [2.45, 2.75) is 13.5 Å². The number of amides is 2. The van der Waals surface area contributed by atoms with Crippen LogP contribution in [0.3, 0.4) is 0 Å². The quantitative estimate of drug-likeness (QED) is 0.350. The lowest BCUT2D eigenvalue weighted by Crippen LogP contribution is -2.33. The van der Waals surface area contributed by atoms with E-state index >= 15 is 0 Å². The molecule has 0 saturated heterocycles. The zero-order valence-electron chi connectivity index (χ0n) is 18.5. The molecule has 0 atom stereocenters. The molecule has 2 aromatic carbocycles. The number of hydrogen-bond acceptors (Lipinski definition) is 5. The number of aromatic nitrogens is 4. The third-order valence-electron chi connectivity index (χ3n) is 5.58. The molecule has 0 aliphatic rings. The first-order valence-electron chi connectivity index (χ1n) is 10.8. The first kappa shape index (κ1) is 21.2. The summed E-state index contributed by atoms with van der Waals surface area (Å²) in [6, 6.07) is 21.3. The van der Waals surface area contributed by atoms with Gasteiger partial charge in [0, 0.05) is 29.4 Å². The fourth-order valence-electron chi connectivity index (χ4n) is 4.02. The number of nitrogens with two attached hydrogens (primary N) is 1. The maximum absolute atomic E-state index is 12.7. The van der Waals surface area contributed by atoms with Crippen molar-refractivity contribution in [3.05, 3.63) is 89.7 Å². The van der Waals surface area contributed by atoms with Crippen LogP contribution in [0, 0.1) is 6.92 Å². The van der Waals surface area contributed by atoms with Crippen molar-refractivity contribution in [3.8, 4) is 5.95 Å². The fraction of sp³-hybridized carbons (Fsp3) is 0.120. The smallest absolute Gasteiger partial charge is 0.254 e. The highest BCUT2D eigenvalue weighted by molar-refractivity contribution is 6.07. The summed E-state index contributed by atoms with van der Waals surface area (Å²) in [6.45, 7) is 2.33. The second kappa shape index (κ2) is 8.70. The summed E-state index contributed by atoms with van der Waals surface area (Å²) in [5.41, 5.74) is 9.26. The molecule has 0 unspecified atom stereocenters. The van der Waals surface area contributed by atoms with E-state index in [-0.39, 0.29) is 12.5 Å². The zero-order valence-corrected chi connectivity index (χ0v) is 18.5. The molecule has 34 heavy (non-hydrogen) atoms. The van der Waals surface area contributed by atoms with Gasteiger partial charge in [-0.15, -0.1) is 5.10 Å². The summed E-state index contributed by atoms with van der Waals surface area (Å²) >= 11 is 0. The van der Waals surface area contributed by atoms with Crippen LogP contribution in [-0.2, 0) is 11.3 Å². The van der Waals surface area contributed by atoms with Gasteiger partial charge in [-0.3, -0.25) is 14.2 Å². The van der Waals surface area contributed by atoms with Gasteiger partial charge in [-0.25, -0.2) is 4.52 Å². The van der Waals surface area contributed by atoms with Crippen molar-refractivity contribution < 1.29 is 9.59 Å². The Kier molecular flexibility index (Phi) is 5.43. The van der Waals surface area contributed by atoms with Gasteiger partial charge in [-0.2, -0.15) is 4.98 Å². The number of carbonyl (C=O) groups excluding carboxylic acids is 2. The van der Waals surface area contributed by atoms with Crippen LogP contribution in [0.4, 0.5) is 5.82 Å². The van der Waals surface area contributed by atoms with E-state index in [0.717, 1.165) is 27.7 Å². The Bertz CT molecular complexity index is 1520. The van der Waals surface area contributed by atoms with E-state index in [2.05, 4.69) is 22.8 Å². The Hall–Kier alpha value is -4.66. The Morgan fingerprint density at radius 3 is 2.59 bits per heavy atom. The molecule has 0 saturated carbocycles. The van der Waals surface area contributed by atoms with Crippen molar-refractivity contribution in [2.75, 3.05) is 11.9 Å². The van der Waals surface area contributed by atoms with Gasteiger partial charge < -0.3 is 16.4 Å². The van der Waals surface area contributed by atoms with Crippen LogP contribution in [0.1, 0.15) is 21.6 Å². The summed E-state index contributed by atoms with van der Waals surface area (Å²) in [6.07, 6.45) is 1.87. The predicted octanol–water partition coefficient (Wildman–Crippen LogP) is 2.81. The van der Waals surface area contributed by atoms with E-state index in [1.807, 2.05) is 60.2 Å². The number of fused-ring (bicyclic) bond motifs is 2. The van der Waals surface area contributed by atoms with E-state index in [9.17, 15) is 9.59 Å². The summed E-state index contributed by atoms with van der Waals surface area (Å²) < 4.78 is 3.69. The number of primary amides is 1. The molecule has 2 amide bonds. The molecule has 9 nitrogen and oxygen atoms in total. The van der Waals surface area contributed by atoms with Gasteiger partial charge in [0.1, 0.15) is 5.52 Å². The summed E-state index contributed by atoms with van der Waals surface area (Å²) in [4.78, 5) is 28.6. The van der Waals surface area contributed by atoms with Gasteiger partial charge in [-0.1, -0.05) is 36.4 Å². The molecule has 170 valence electrons. The summed E-state index contributed by atoms with van der Waals surface area (Å²) in [5.74, 6) is 0.212. The maximum atomic E-state index is 12.7. The Balaban J connectivity index is 1.57. The van der Waals surface area contributed by atoms with Crippen LogP contribution >= 0.6 is 0 Å². The van der Waals surface area contributed by atoms with Gasteiger partial charge in [0.25, 0.3) is 11.9 Å². The molecule has 0 radical (unpaired) electrons. The molecule has 4 N–H and O–H groups in total. The maximum Gasteiger partial charge on any atom is 0.254 e. The lowest BCUT2D eigenvalue weighted by Gasteiger charge is -2.12. The van der Waals surface area contributed by atoms with Crippen molar-refractivity contribution in [2.24, 2.45) is 5.73 Å². The van der Waals surface area contributed by atoms with E-state index in [1.165, 1.54) is 0 Å². The van der Waals surface area contributed by atoms with Gasteiger partial charge in [0.15, 0.2) is 5.82 Å². The zero-order chi connectivity index (χ0) is 23.7. The lowest BCUT2D eigenvalue weighted by molar-refractivity contribution is -0.117. The van der Waals surface area contributed by atoms with Crippen LogP contribution in [-0.4, -0.2) is 37.5 Å². The van der Waals surface area contributed by atoms with Gasteiger partial charge in [-0.05, 0) is 42.8 Å². The fourth-order valence-corrected chi connectivity index (χ4v) is 4.02. The molecule has 3 heterocycles. The average Bonchev–Trinajstić information content (AvgIpc) is 3.44. The number of carbonyl (C=O) groups is 2. The largest absolute Gasteiger partial charge is 0.368 e. The molecule has 5 rings (SSSR count). The topological polar surface area (TPSA) is 119 Å². The predicted molar refractivity (Wildman–Crippen MR) is 130 cm³/mol. The third kappa shape index (κ3) is 3.95. The molecule has 0 fully saturated rings. The molecule has 0 bridgehead atoms. The SMILES string of the molecule is Cc1cc2c(C(=O)NCC(N)=O)cccc2n1-c1nc(NCc2ccccc2)c2cccn2n1. The molecule has 5 aromatic rings. The minimum absolute atomic E-state index is 0.223. The van der Waals surface area contributed by atoms with Crippen LogP contribution in [0.5, 0.6) is 0 Å². The molecule has 0 spiro atoms. The van der Waals surface area contributed by atoms with Crippen molar-refractivity contribution in [1.29, 1.82) is 0 Å². The highest BCUT2D eigenvalue weighted by Gasteiger charge is 2.18. The van der Waals surface area contributed by atoms with Crippen molar-refractivity contribution in [3.63, 3.8) is 0 Å². The van der Waals surface area contributed by atoms with Crippen LogP contribution in [0.15, 0.2) is 72.9 Å². The minimum Gasteiger partial charge on any atom is -0.368 e. The highest BCUT2D eigenvalue weighted by Crippen LogP contribution is 2.27. The molecule has 3 aromatic heterocycles. The highest BCUT2D eigenvalue weighted by atomic mass is 16.2. The number of nitrogens with one attached hydrogen (secondary N) is 2. The van der Waals surface area contributed by atoms with Gasteiger partial charge >= 0.3 is 0 Å². The average molecular weight is 454 g/mol. The number of aryl methyl sites for hydroxylation is 1. The summed E-state index contributed by atoms with van der Waals surface area (Å²) in [5, 5.41) is 11.4. The van der Waals surface area contributed by atoms with Crippen LogP contribution in [0.25, 0.3) is 22.4 Å². The van der Waals surface area contributed by atoms with Crippen molar-refractivity contribution >= 4 is 34.1 Å². The summed E-state index contributed by atoms with van der Waals surface area (Å²) in [7, 11) is 0. The second-order valence-corrected chi connectivity index (χ2v) is 7.95. The molecule has 0 aliphatic carbocycles. The number of rotatable bonds is 7. The van der Waals surface area contributed by atoms with E-state index in [0.29, 0.717) is 23.9 Å². The third-order valence-corrected chi connectivity index (χ3v) is 5.58. The van der Waals surface area contributed by atoms with Crippen LogP contribution < -0.4 is 16.4 Å². The first-order chi connectivity index (χ1) is 16.5. The Morgan fingerprint density at radius 2 is 1.79 bits per heavy atom. The minimum atomic E-state index is -0.599. The normalized spacial score (nSPS) is 11.1. The molecule has 9 heteroatoms. The molecule has 0 aliphatic heterocycles. The number of hydrogen-bond donors (Lipinski definition) is 3. The Labute approximate surface area is 195 Å². The molecular weight excluding hydrogens is 430 g/mol. The second-order valence-electron chi connectivity index (χ2n) is 7.95. The van der Waals surface area contributed by atoms with E-state index in [1.54, 1.807) is 16.6 Å². The number of anilines is 1. The first-order valence-corrected chi connectivity index (χ1v) is 10.8. The van der Waals surface area contributed by atoms with E-state index in [4.69, 9.17) is 15.8 Å². The number of benzene rings is 2. The van der Waals surface area contributed by atoms with Crippen LogP contribution in [0.2, 0.25) is 0 Å². The Morgan fingerprint density at radius 1 is 1.00 bits per heavy atom. The molecular formula is C25H23N7O2. The monoisotopic (exact) mass is 453 g/mol. The number of nitrogens with zero attached hydrogens (tertiary/aromatic N) is 4. The lowest BCUT2D eigenvalue weighted by atomic mass is 10.1.